The van der Waals surface area contributed by atoms with Crippen LogP contribution in [0.25, 0.3) is 16.5 Å². The highest BCUT2D eigenvalue weighted by Crippen LogP contribution is 2.41. The highest BCUT2D eigenvalue weighted by molar-refractivity contribution is 6.46. The lowest BCUT2D eigenvalue weighted by Gasteiger charge is -2.24. The normalized spacial score (nSPS) is 17.4. The van der Waals surface area contributed by atoms with Gasteiger partial charge in [0.1, 0.15) is 17.3 Å². The summed E-state index contributed by atoms with van der Waals surface area (Å²) in [5, 5.41) is 13.3. The quantitative estimate of drug-likeness (QED) is 0.238. The van der Waals surface area contributed by atoms with Crippen molar-refractivity contribution >= 4 is 28.2 Å². The molecule has 1 unspecified atom stereocenters. The highest BCUT2D eigenvalue weighted by atomic mass is 16.5. The molecule has 2 heterocycles. The molecule has 170 valence electrons. The van der Waals surface area contributed by atoms with Crippen LogP contribution in [0.2, 0.25) is 0 Å². The van der Waals surface area contributed by atoms with E-state index in [-0.39, 0.29) is 17.9 Å². The van der Waals surface area contributed by atoms with E-state index in [2.05, 4.69) is 0 Å². The van der Waals surface area contributed by atoms with Crippen molar-refractivity contribution in [1.29, 1.82) is 0 Å². The van der Waals surface area contributed by atoms with Gasteiger partial charge in [0.25, 0.3) is 11.7 Å². The van der Waals surface area contributed by atoms with Crippen LogP contribution in [0.1, 0.15) is 29.9 Å². The van der Waals surface area contributed by atoms with Crippen LogP contribution in [-0.4, -0.2) is 28.3 Å². The van der Waals surface area contributed by atoms with E-state index in [0.717, 1.165) is 10.8 Å². The van der Waals surface area contributed by atoms with Crippen LogP contribution in [0, 0.1) is 0 Å². The largest absolute Gasteiger partial charge is 0.507 e. The molecular formula is C28H23NO5. The minimum atomic E-state index is -0.771. The van der Waals surface area contributed by atoms with Crippen LogP contribution in [0.3, 0.4) is 0 Å². The minimum Gasteiger partial charge on any atom is -0.507 e. The summed E-state index contributed by atoms with van der Waals surface area (Å²) in [5.74, 6) is -0.383. The average Bonchev–Trinajstić information content (AvgIpc) is 3.46. The summed E-state index contributed by atoms with van der Waals surface area (Å²) in [6.45, 7) is 2.53. The summed E-state index contributed by atoms with van der Waals surface area (Å²) in [6.07, 6.45) is 1.52. The Morgan fingerprint density at radius 1 is 0.971 bits per heavy atom. The second-order valence-electron chi connectivity index (χ2n) is 8.07. The number of nitrogens with zero attached hydrogens (tertiary/aromatic N) is 1. The Hall–Kier alpha value is -4.32. The third kappa shape index (κ3) is 3.83. The van der Waals surface area contributed by atoms with Gasteiger partial charge >= 0.3 is 0 Å². The van der Waals surface area contributed by atoms with E-state index < -0.39 is 17.7 Å². The Morgan fingerprint density at radius 2 is 1.74 bits per heavy atom. The number of hydrogen-bond acceptors (Lipinski definition) is 5. The van der Waals surface area contributed by atoms with Crippen LogP contribution in [0.5, 0.6) is 5.75 Å². The molecule has 0 radical (unpaired) electrons. The molecule has 4 aromatic rings. The fourth-order valence-corrected chi connectivity index (χ4v) is 4.37. The first-order valence-electron chi connectivity index (χ1n) is 11.1. The van der Waals surface area contributed by atoms with E-state index in [4.69, 9.17) is 9.15 Å². The third-order valence-corrected chi connectivity index (χ3v) is 5.98. The number of amides is 1. The van der Waals surface area contributed by atoms with Gasteiger partial charge in [-0.25, -0.2) is 0 Å². The predicted octanol–water partition coefficient (Wildman–Crippen LogP) is 5.45. The molecule has 1 fully saturated rings. The molecule has 0 bridgehead atoms. The molecule has 0 saturated carbocycles. The van der Waals surface area contributed by atoms with Crippen molar-refractivity contribution in [3.63, 3.8) is 0 Å². The van der Waals surface area contributed by atoms with E-state index >= 15 is 0 Å². The van der Waals surface area contributed by atoms with Gasteiger partial charge in [-0.05, 0) is 53.6 Å². The maximum atomic E-state index is 13.2. The summed E-state index contributed by atoms with van der Waals surface area (Å²) in [7, 11) is 0. The molecule has 1 amide bonds. The molecule has 0 aliphatic carbocycles. The van der Waals surface area contributed by atoms with Crippen molar-refractivity contribution in [2.24, 2.45) is 0 Å². The van der Waals surface area contributed by atoms with Gasteiger partial charge in [0.2, 0.25) is 0 Å². The smallest absolute Gasteiger partial charge is 0.296 e. The second kappa shape index (κ2) is 8.90. The second-order valence-corrected chi connectivity index (χ2v) is 8.07. The van der Waals surface area contributed by atoms with E-state index in [1.165, 1.54) is 11.2 Å². The molecule has 1 aromatic heterocycles. The summed E-state index contributed by atoms with van der Waals surface area (Å²) in [6, 6.07) is 23.1. The zero-order chi connectivity index (χ0) is 23.7. The van der Waals surface area contributed by atoms with E-state index in [0.29, 0.717) is 29.2 Å². The molecule has 1 saturated heterocycles. The highest BCUT2D eigenvalue weighted by Gasteiger charge is 2.46. The summed E-state index contributed by atoms with van der Waals surface area (Å²) >= 11 is 0. The van der Waals surface area contributed by atoms with Crippen LogP contribution in [0.15, 0.2) is 95.1 Å². The molecule has 0 spiro atoms. The first-order chi connectivity index (χ1) is 16.6. The van der Waals surface area contributed by atoms with Crippen molar-refractivity contribution < 1.29 is 23.8 Å². The number of ether oxygens (including phenoxy) is 1. The molecular weight excluding hydrogens is 430 g/mol. The molecule has 34 heavy (non-hydrogen) atoms. The Balaban J connectivity index is 1.64. The minimum absolute atomic E-state index is 0.0518. The van der Waals surface area contributed by atoms with Crippen molar-refractivity contribution in [2.75, 3.05) is 6.61 Å². The standard InChI is InChI=1S/C28H23NO5/c1-2-33-22-13-11-19(12-14-22)25-24(27(31)28(32)29(25)17-23-8-5-15-34-23)26(30)21-10-9-18-6-3-4-7-20(18)16-21/h3-16,25,30H,2,17H2,1H3/b26-24-. The zero-order valence-corrected chi connectivity index (χ0v) is 18.6. The van der Waals surface area contributed by atoms with Crippen LogP contribution in [0.4, 0.5) is 0 Å². The maximum absolute atomic E-state index is 13.2. The first-order valence-corrected chi connectivity index (χ1v) is 11.1. The summed E-state index contributed by atoms with van der Waals surface area (Å²) < 4.78 is 11.0. The lowest BCUT2D eigenvalue weighted by molar-refractivity contribution is -0.140. The van der Waals surface area contributed by atoms with Crippen LogP contribution < -0.4 is 4.74 Å². The van der Waals surface area contributed by atoms with Crippen molar-refractivity contribution in [1.82, 2.24) is 4.90 Å². The van der Waals surface area contributed by atoms with Gasteiger partial charge in [0.05, 0.1) is 31.0 Å². The van der Waals surface area contributed by atoms with Gasteiger partial charge in [0.15, 0.2) is 0 Å². The number of hydrogen-bond donors (Lipinski definition) is 1. The van der Waals surface area contributed by atoms with Gasteiger partial charge in [0, 0.05) is 5.56 Å². The Morgan fingerprint density at radius 3 is 2.44 bits per heavy atom. The molecule has 3 aromatic carbocycles. The molecule has 1 N–H and O–H groups in total. The number of carbonyl (C=O) groups excluding carboxylic acids is 2. The molecule has 1 atom stereocenters. The fourth-order valence-electron chi connectivity index (χ4n) is 4.37. The maximum Gasteiger partial charge on any atom is 0.296 e. The van der Waals surface area contributed by atoms with Crippen LogP contribution >= 0.6 is 0 Å². The number of carbonyl (C=O) groups is 2. The van der Waals surface area contributed by atoms with Gasteiger partial charge in [-0.15, -0.1) is 0 Å². The van der Waals surface area contributed by atoms with Gasteiger partial charge in [-0.1, -0.05) is 48.5 Å². The SMILES string of the molecule is CCOc1ccc(C2/C(=C(/O)c3ccc4ccccc4c3)C(=O)C(=O)N2Cc2ccco2)cc1. The molecule has 6 heteroatoms. The van der Waals surface area contributed by atoms with Crippen LogP contribution in [-0.2, 0) is 16.1 Å². The molecule has 5 rings (SSSR count). The van der Waals surface area contributed by atoms with E-state index in [1.807, 2.05) is 55.5 Å². The monoisotopic (exact) mass is 453 g/mol. The summed E-state index contributed by atoms with van der Waals surface area (Å²) in [5.41, 5.74) is 1.22. The van der Waals surface area contributed by atoms with Crippen molar-refractivity contribution in [2.45, 2.75) is 19.5 Å². The number of aliphatic hydroxyl groups excluding tert-OH is 1. The number of Topliss-reactive ketones (excluding diaryl/α,β-unsaturated/α-hetero) is 1. The number of furan rings is 1. The lowest BCUT2D eigenvalue weighted by Crippen LogP contribution is -2.29. The van der Waals surface area contributed by atoms with E-state index in [1.54, 1.807) is 30.3 Å². The Bertz CT molecular complexity index is 1390. The molecule has 1 aliphatic heterocycles. The van der Waals surface area contributed by atoms with E-state index in [9.17, 15) is 14.7 Å². The summed E-state index contributed by atoms with van der Waals surface area (Å²) in [4.78, 5) is 27.8. The molecule has 6 nitrogen and oxygen atoms in total. The number of fused-ring (bicyclic) bond motifs is 1. The predicted molar refractivity (Wildman–Crippen MR) is 128 cm³/mol. The number of benzene rings is 3. The Labute approximate surface area is 196 Å². The number of aliphatic hydroxyl groups is 1. The van der Waals surface area contributed by atoms with Gasteiger partial charge in [-0.2, -0.15) is 0 Å². The average molecular weight is 453 g/mol. The topological polar surface area (TPSA) is 80.0 Å². The van der Waals surface area contributed by atoms with Crippen molar-refractivity contribution in [3.05, 3.63) is 108 Å². The van der Waals surface area contributed by atoms with Gasteiger partial charge in [-0.3, -0.25) is 9.59 Å². The lowest BCUT2D eigenvalue weighted by atomic mass is 9.94. The third-order valence-electron chi connectivity index (χ3n) is 5.98. The fraction of sp³-hybridized carbons (Fsp3) is 0.143. The van der Waals surface area contributed by atoms with Gasteiger partial charge < -0.3 is 19.2 Å². The molecule has 1 aliphatic rings. The van der Waals surface area contributed by atoms with Crippen molar-refractivity contribution in [3.8, 4) is 5.75 Å². The number of rotatable bonds is 6. The first kappa shape index (κ1) is 21.5. The Kier molecular flexibility index (Phi) is 5.64. The zero-order valence-electron chi connectivity index (χ0n) is 18.6. The number of ketones is 1. The number of likely N-dealkylation sites (tertiary alicyclic amines) is 1.